The highest BCUT2D eigenvalue weighted by molar-refractivity contribution is 6.16. The quantitative estimate of drug-likeness (QED) is 0.152. The van der Waals surface area contributed by atoms with Crippen LogP contribution in [-0.4, -0.2) is 29.9 Å². The van der Waals surface area contributed by atoms with Crippen molar-refractivity contribution in [2.45, 2.75) is 0 Å². The van der Waals surface area contributed by atoms with Gasteiger partial charge < -0.3 is 4.42 Å². The summed E-state index contributed by atoms with van der Waals surface area (Å²) < 4.78 is 6.49. The van der Waals surface area contributed by atoms with E-state index in [1.54, 1.807) is 0 Å². The molecule has 286 valence electrons. The predicted octanol–water partition coefficient (Wildman–Crippen LogP) is 13.3. The number of fused-ring (bicyclic) bond motifs is 3. The van der Waals surface area contributed by atoms with E-state index in [-0.39, 0.29) is 0 Å². The van der Waals surface area contributed by atoms with Gasteiger partial charge in [0.2, 0.25) is 0 Å². The Kier molecular flexibility index (Phi) is 9.02. The summed E-state index contributed by atoms with van der Waals surface area (Å²) >= 11 is 0. The van der Waals surface area contributed by atoms with E-state index in [1.807, 2.05) is 133 Å². The molecule has 0 saturated carbocycles. The van der Waals surface area contributed by atoms with E-state index in [1.165, 1.54) is 0 Å². The lowest BCUT2D eigenvalue weighted by molar-refractivity contribution is 0.669. The molecule has 0 aliphatic heterocycles. The molecule has 0 radical (unpaired) electrons. The number of aromatic nitrogens is 6. The van der Waals surface area contributed by atoms with Gasteiger partial charge in [0.1, 0.15) is 11.2 Å². The van der Waals surface area contributed by atoms with Crippen molar-refractivity contribution in [3.8, 4) is 90.6 Å². The Morgan fingerprint density at radius 3 is 1.10 bits per heavy atom. The van der Waals surface area contributed by atoms with Crippen molar-refractivity contribution in [2.24, 2.45) is 0 Å². The van der Waals surface area contributed by atoms with Gasteiger partial charge in [0, 0.05) is 49.7 Å². The molecule has 7 nitrogen and oxygen atoms in total. The van der Waals surface area contributed by atoms with Crippen molar-refractivity contribution in [3.63, 3.8) is 0 Å². The van der Waals surface area contributed by atoms with Gasteiger partial charge in [0.15, 0.2) is 34.9 Å². The molecule has 8 aromatic carbocycles. The lowest BCUT2D eigenvalue weighted by Crippen LogP contribution is -2.00. The van der Waals surface area contributed by atoms with Gasteiger partial charge in [-0.3, -0.25) is 0 Å². The van der Waals surface area contributed by atoms with Crippen molar-refractivity contribution in [1.82, 2.24) is 29.9 Å². The van der Waals surface area contributed by atoms with Crippen LogP contribution in [0.25, 0.3) is 113 Å². The lowest BCUT2D eigenvalue weighted by Gasteiger charge is -2.15. The van der Waals surface area contributed by atoms with E-state index < -0.39 is 0 Å². The van der Waals surface area contributed by atoms with Gasteiger partial charge in [-0.05, 0) is 41.0 Å². The van der Waals surface area contributed by atoms with E-state index in [2.05, 4.69) is 72.8 Å². The fraction of sp³-hybridized carbons (Fsp3) is 0. The van der Waals surface area contributed by atoms with E-state index >= 15 is 0 Å². The molecule has 0 N–H and O–H groups in total. The van der Waals surface area contributed by atoms with Crippen LogP contribution in [0.2, 0.25) is 0 Å². The first-order valence-electron chi connectivity index (χ1n) is 20.1. The lowest BCUT2D eigenvalue weighted by atomic mass is 9.89. The first-order valence-corrected chi connectivity index (χ1v) is 20.1. The molecule has 61 heavy (non-hydrogen) atoms. The van der Waals surface area contributed by atoms with Crippen molar-refractivity contribution in [3.05, 3.63) is 206 Å². The van der Waals surface area contributed by atoms with Crippen LogP contribution in [0.4, 0.5) is 0 Å². The minimum atomic E-state index is 0.584. The Labute approximate surface area is 351 Å². The standard InChI is InChI=1S/C54H34N6O/c1-5-17-35(18-6-1)49-55-50(36-19-7-2-8-20-36)58-53(57-49)41-27-15-25-39(33-41)43-31-32-46-48(44-29-13-14-30-45(44)61-46)47(43)40-26-16-28-42(34-40)54-59-51(37-21-9-3-10-22-37)56-52(60-54)38-23-11-4-12-24-38/h1-34H. The molecule has 11 rings (SSSR count). The average molecular weight is 783 g/mol. The second kappa shape index (κ2) is 15.4. The molecule has 0 fully saturated rings. The summed E-state index contributed by atoms with van der Waals surface area (Å²) in [5, 5.41) is 2.06. The Morgan fingerprint density at radius 2 is 0.623 bits per heavy atom. The van der Waals surface area contributed by atoms with Gasteiger partial charge in [0.05, 0.1) is 0 Å². The summed E-state index contributed by atoms with van der Waals surface area (Å²) in [6.45, 7) is 0. The molecule has 0 unspecified atom stereocenters. The summed E-state index contributed by atoms with van der Waals surface area (Å²) in [5.41, 5.74) is 11.1. The van der Waals surface area contributed by atoms with E-state index in [0.29, 0.717) is 34.9 Å². The maximum atomic E-state index is 6.49. The predicted molar refractivity (Wildman–Crippen MR) is 244 cm³/mol. The van der Waals surface area contributed by atoms with Gasteiger partial charge in [-0.25, -0.2) is 29.9 Å². The van der Waals surface area contributed by atoms with Crippen molar-refractivity contribution < 1.29 is 4.42 Å². The average Bonchev–Trinajstić information content (AvgIpc) is 3.73. The van der Waals surface area contributed by atoms with Gasteiger partial charge >= 0.3 is 0 Å². The SMILES string of the molecule is c1ccc(-c2nc(-c3ccccc3)nc(-c3cccc(-c4ccc5oc6ccccc6c5c4-c4cccc(-c5nc(-c6ccccc6)nc(-c6ccccc6)n5)c4)c3)n2)cc1. The van der Waals surface area contributed by atoms with Crippen LogP contribution in [0.15, 0.2) is 211 Å². The topological polar surface area (TPSA) is 90.5 Å². The number of para-hydroxylation sites is 1. The van der Waals surface area contributed by atoms with Crippen molar-refractivity contribution in [2.75, 3.05) is 0 Å². The van der Waals surface area contributed by atoms with Crippen molar-refractivity contribution in [1.29, 1.82) is 0 Å². The Bertz CT molecular complexity index is 3240. The van der Waals surface area contributed by atoms with E-state index in [4.69, 9.17) is 34.3 Å². The number of hydrogen-bond donors (Lipinski definition) is 0. The Morgan fingerprint density at radius 1 is 0.262 bits per heavy atom. The smallest absolute Gasteiger partial charge is 0.164 e. The van der Waals surface area contributed by atoms with Gasteiger partial charge in [-0.2, -0.15) is 0 Å². The van der Waals surface area contributed by atoms with E-state index in [9.17, 15) is 0 Å². The fourth-order valence-electron chi connectivity index (χ4n) is 7.87. The van der Waals surface area contributed by atoms with Crippen molar-refractivity contribution >= 4 is 21.9 Å². The van der Waals surface area contributed by atoms with Crippen LogP contribution in [0.3, 0.4) is 0 Å². The third kappa shape index (κ3) is 6.90. The highest BCUT2D eigenvalue weighted by Crippen LogP contribution is 2.44. The highest BCUT2D eigenvalue weighted by Gasteiger charge is 2.21. The maximum Gasteiger partial charge on any atom is 0.164 e. The number of furan rings is 1. The van der Waals surface area contributed by atoms with E-state index in [0.717, 1.165) is 77.6 Å². The molecule has 0 bridgehead atoms. The molecular formula is C54H34N6O. The number of hydrogen-bond acceptors (Lipinski definition) is 7. The second-order valence-electron chi connectivity index (χ2n) is 14.7. The molecule has 0 saturated heterocycles. The van der Waals surface area contributed by atoms with Crippen LogP contribution >= 0.6 is 0 Å². The highest BCUT2D eigenvalue weighted by atomic mass is 16.3. The summed E-state index contributed by atoms with van der Waals surface area (Å²) in [4.78, 5) is 30.1. The third-order valence-electron chi connectivity index (χ3n) is 10.8. The Balaban J connectivity index is 1.10. The van der Waals surface area contributed by atoms with Crippen LogP contribution in [0.5, 0.6) is 0 Å². The monoisotopic (exact) mass is 782 g/mol. The maximum absolute atomic E-state index is 6.49. The number of benzene rings is 8. The van der Waals surface area contributed by atoms with Crippen LogP contribution < -0.4 is 0 Å². The number of rotatable bonds is 8. The summed E-state index contributed by atoms with van der Waals surface area (Å²) in [7, 11) is 0. The largest absolute Gasteiger partial charge is 0.456 e. The Hall–Kier alpha value is -8.42. The first-order chi connectivity index (χ1) is 30.2. The molecule has 0 amide bonds. The summed E-state index contributed by atoms with van der Waals surface area (Å²) in [6, 6.07) is 69.5. The molecule has 0 atom stereocenters. The molecule has 7 heteroatoms. The minimum Gasteiger partial charge on any atom is -0.456 e. The molecule has 11 aromatic rings. The second-order valence-corrected chi connectivity index (χ2v) is 14.7. The minimum absolute atomic E-state index is 0.584. The molecule has 0 spiro atoms. The number of nitrogens with zero attached hydrogens (tertiary/aromatic N) is 6. The normalized spacial score (nSPS) is 11.3. The molecule has 3 aromatic heterocycles. The zero-order valence-corrected chi connectivity index (χ0v) is 32.7. The van der Waals surface area contributed by atoms with Gasteiger partial charge in [0.25, 0.3) is 0 Å². The first kappa shape index (κ1) is 35.7. The zero-order valence-electron chi connectivity index (χ0n) is 32.7. The summed E-state index contributed by atoms with van der Waals surface area (Å²) in [5.74, 6) is 3.62. The molecule has 3 heterocycles. The third-order valence-corrected chi connectivity index (χ3v) is 10.8. The molecule has 0 aliphatic carbocycles. The molecule has 0 aliphatic rings. The van der Waals surface area contributed by atoms with Gasteiger partial charge in [-0.1, -0.05) is 182 Å². The molecular weight excluding hydrogens is 749 g/mol. The van der Waals surface area contributed by atoms with Gasteiger partial charge in [-0.15, -0.1) is 0 Å². The fourth-order valence-corrected chi connectivity index (χ4v) is 7.87. The zero-order chi connectivity index (χ0) is 40.5. The van der Waals surface area contributed by atoms with Crippen LogP contribution in [0, 0.1) is 0 Å². The van der Waals surface area contributed by atoms with Crippen LogP contribution in [-0.2, 0) is 0 Å². The summed E-state index contributed by atoms with van der Waals surface area (Å²) in [6.07, 6.45) is 0. The van der Waals surface area contributed by atoms with Crippen LogP contribution in [0.1, 0.15) is 0 Å².